The molecular weight excluding hydrogens is 226 g/mol. The predicted octanol–water partition coefficient (Wildman–Crippen LogP) is 1.44. The van der Waals surface area contributed by atoms with Crippen LogP contribution in [-0.4, -0.2) is 26.6 Å². The van der Waals surface area contributed by atoms with E-state index in [4.69, 9.17) is 5.11 Å². The maximum absolute atomic E-state index is 11.3. The van der Waals surface area contributed by atoms with Crippen molar-refractivity contribution in [1.82, 2.24) is 4.57 Å². The van der Waals surface area contributed by atoms with Gasteiger partial charge in [0.1, 0.15) is 0 Å². The molecule has 0 spiro atoms. The van der Waals surface area contributed by atoms with Crippen LogP contribution in [0.4, 0.5) is 0 Å². The van der Waals surface area contributed by atoms with E-state index in [1.165, 1.54) is 6.07 Å². The van der Waals surface area contributed by atoms with E-state index in [2.05, 4.69) is 0 Å². The van der Waals surface area contributed by atoms with Crippen LogP contribution in [0.2, 0.25) is 0 Å². The van der Waals surface area contributed by atoms with Crippen molar-refractivity contribution in [2.24, 2.45) is 0 Å². The summed E-state index contributed by atoms with van der Waals surface area (Å²) in [6.45, 7) is 2.50. The number of rotatable bonds is 6. The van der Waals surface area contributed by atoms with Crippen molar-refractivity contribution in [3.63, 3.8) is 0 Å². The molecule has 4 nitrogen and oxygen atoms in total. The highest BCUT2D eigenvalue weighted by Crippen LogP contribution is 2.13. The number of carboxylic acid groups (broad SMARTS) is 1. The van der Waals surface area contributed by atoms with Crippen molar-refractivity contribution in [3.8, 4) is 0 Å². The number of aromatic nitrogens is 1. The minimum absolute atomic E-state index is 0.0195. The lowest BCUT2D eigenvalue weighted by Crippen LogP contribution is -2.19. The van der Waals surface area contributed by atoms with Gasteiger partial charge in [-0.25, -0.2) is 0 Å². The molecule has 0 amide bonds. The zero-order valence-corrected chi connectivity index (χ0v) is 9.94. The Hall–Kier alpha value is -1.23. The Morgan fingerprint density at radius 1 is 1.56 bits per heavy atom. The lowest BCUT2D eigenvalue weighted by molar-refractivity contribution is -0.136. The van der Waals surface area contributed by atoms with E-state index >= 15 is 0 Å². The molecule has 1 aromatic heterocycles. The molecule has 0 fully saturated rings. The van der Waals surface area contributed by atoms with Crippen molar-refractivity contribution in [3.05, 3.63) is 34.7 Å². The zero-order chi connectivity index (χ0) is 12.0. The van der Waals surface area contributed by atoms with Gasteiger partial charge in [-0.05, 0) is 6.07 Å². The number of nitrogens with zero attached hydrogens (tertiary/aromatic N) is 1. The molecule has 5 heteroatoms. The summed E-state index contributed by atoms with van der Waals surface area (Å²) in [5, 5.41) is 8.66. The summed E-state index contributed by atoms with van der Waals surface area (Å²) < 4.78 is 1.63. The zero-order valence-electron chi connectivity index (χ0n) is 9.13. The maximum Gasteiger partial charge on any atom is 0.304 e. The Bertz CT molecular complexity index is 402. The summed E-state index contributed by atoms with van der Waals surface area (Å²) >= 11 is 1.57. The second-order valence-corrected chi connectivity index (χ2v) is 5.06. The summed E-state index contributed by atoms with van der Waals surface area (Å²) in [5.74, 6) is -0.0323. The first-order valence-electron chi connectivity index (χ1n) is 5.08. The van der Waals surface area contributed by atoms with Gasteiger partial charge >= 0.3 is 5.97 Å². The Labute approximate surface area is 98.3 Å². The number of hydrogen-bond acceptors (Lipinski definition) is 3. The normalized spacial score (nSPS) is 12.3. The molecule has 0 radical (unpaired) electrons. The van der Waals surface area contributed by atoms with Gasteiger partial charge in [0, 0.05) is 29.8 Å². The van der Waals surface area contributed by atoms with E-state index in [0.717, 1.165) is 5.75 Å². The van der Waals surface area contributed by atoms with E-state index in [1.54, 1.807) is 28.6 Å². The molecule has 1 aromatic rings. The van der Waals surface area contributed by atoms with Crippen LogP contribution in [0.15, 0.2) is 29.2 Å². The van der Waals surface area contributed by atoms with Gasteiger partial charge in [0.2, 0.25) is 0 Å². The van der Waals surface area contributed by atoms with Gasteiger partial charge in [0.05, 0.1) is 6.42 Å². The van der Waals surface area contributed by atoms with Crippen molar-refractivity contribution in [2.75, 3.05) is 5.75 Å². The Morgan fingerprint density at radius 2 is 2.31 bits per heavy atom. The van der Waals surface area contributed by atoms with E-state index in [9.17, 15) is 9.59 Å². The molecule has 0 aliphatic carbocycles. The van der Waals surface area contributed by atoms with E-state index in [0.29, 0.717) is 6.54 Å². The predicted molar refractivity (Wildman–Crippen MR) is 64.9 cm³/mol. The van der Waals surface area contributed by atoms with Gasteiger partial charge in [-0.1, -0.05) is 13.0 Å². The van der Waals surface area contributed by atoms with Crippen LogP contribution < -0.4 is 5.56 Å². The summed E-state index contributed by atoms with van der Waals surface area (Å²) in [6, 6.07) is 5.04. The van der Waals surface area contributed by atoms with Gasteiger partial charge in [0.15, 0.2) is 0 Å². The number of thioether (sulfide) groups is 1. The summed E-state index contributed by atoms with van der Waals surface area (Å²) in [5.41, 5.74) is -0.0195. The van der Waals surface area contributed by atoms with Gasteiger partial charge in [-0.15, -0.1) is 0 Å². The lowest BCUT2D eigenvalue weighted by Gasteiger charge is -2.09. The number of carbonyl (C=O) groups is 1. The molecule has 1 rings (SSSR count). The molecule has 0 saturated heterocycles. The highest BCUT2D eigenvalue weighted by atomic mass is 32.2. The highest BCUT2D eigenvalue weighted by Gasteiger charge is 2.07. The van der Waals surface area contributed by atoms with Crippen LogP contribution in [0.1, 0.15) is 13.3 Å². The average molecular weight is 241 g/mol. The molecule has 0 aromatic carbocycles. The third-order valence-corrected chi connectivity index (χ3v) is 3.25. The SMILES string of the molecule is CC(CC(=O)O)SCCn1ccccc1=O. The van der Waals surface area contributed by atoms with Gasteiger partial charge in [0.25, 0.3) is 5.56 Å². The van der Waals surface area contributed by atoms with Gasteiger partial charge in [-0.3, -0.25) is 9.59 Å². The first-order chi connectivity index (χ1) is 7.59. The fourth-order valence-corrected chi connectivity index (χ4v) is 2.27. The maximum atomic E-state index is 11.3. The third-order valence-electron chi connectivity index (χ3n) is 2.10. The van der Waals surface area contributed by atoms with Crippen molar-refractivity contribution in [1.29, 1.82) is 0 Å². The monoisotopic (exact) mass is 241 g/mol. The van der Waals surface area contributed by atoms with E-state index < -0.39 is 5.97 Å². The first-order valence-corrected chi connectivity index (χ1v) is 6.13. The summed E-state index contributed by atoms with van der Waals surface area (Å²) in [6.07, 6.45) is 1.90. The molecule has 1 atom stereocenters. The molecule has 1 unspecified atom stereocenters. The van der Waals surface area contributed by atoms with Crippen molar-refractivity contribution >= 4 is 17.7 Å². The molecule has 1 heterocycles. The van der Waals surface area contributed by atoms with E-state index in [-0.39, 0.29) is 17.2 Å². The molecule has 1 N–H and O–H groups in total. The number of hydrogen-bond donors (Lipinski definition) is 1. The second kappa shape index (κ2) is 6.37. The quantitative estimate of drug-likeness (QED) is 0.818. The van der Waals surface area contributed by atoms with Crippen LogP contribution in [0.5, 0.6) is 0 Å². The minimum atomic E-state index is -0.781. The van der Waals surface area contributed by atoms with Crippen LogP contribution in [0.25, 0.3) is 0 Å². The first kappa shape index (κ1) is 12.8. The summed E-state index contributed by atoms with van der Waals surface area (Å²) in [7, 11) is 0. The van der Waals surface area contributed by atoms with Crippen LogP contribution in [0.3, 0.4) is 0 Å². The number of pyridine rings is 1. The Kier molecular flexibility index (Phi) is 5.11. The fourth-order valence-electron chi connectivity index (χ4n) is 1.30. The van der Waals surface area contributed by atoms with Crippen LogP contribution in [-0.2, 0) is 11.3 Å². The molecule has 0 saturated carbocycles. The topological polar surface area (TPSA) is 59.3 Å². The second-order valence-electron chi connectivity index (χ2n) is 3.51. The average Bonchev–Trinajstić information content (AvgIpc) is 2.19. The molecule has 16 heavy (non-hydrogen) atoms. The highest BCUT2D eigenvalue weighted by molar-refractivity contribution is 7.99. The molecule has 0 aliphatic heterocycles. The molecule has 0 aliphatic rings. The fraction of sp³-hybridized carbons (Fsp3) is 0.455. The van der Waals surface area contributed by atoms with Gasteiger partial charge < -0.3 is 9.67 Å². The van der Waals surface area contributed by atoms with Crippen molar-refractivity contribution < 1.29 is 9.90 Å². The summed E-state index contributed by atoms with van der Waals surface area (Å²) in [4.78, 5) is 21.8. The van der Waals surface area contributed by atoms with Gasteiger partial charge in [-0.2, -0.15) is 11.8 Å². The lowest BCUT2D eigenvalue weighted by atomic mass is 10.3. The molecule has 0 bridgehead atoms. The van der Waals surface area contributed by atoms with Crippen molar-refractivity contribution in [2.45, 2.75) is 25.1 Å². The standard InChI is InChI=1S/C11H15NO3S/c1-9(8-11(14)15)16-7-6-12-5-3-2-4-10(12)13/h2-5,9H,6-8H2,1H3,(H,14,15). The molecule has 88 valence electrons. The molecular formula is C11H15NO3S. The number of aliphatic carboxylic acids is 1. The van der Waals surface area contributed by atoms with E-state index in [1.807, 2.05) is 13.0 Å². The Balaban J connectivity index is 2.33. The smallest absolute Gasteiger partial charge is 0.304 e. The minimum Gasteiger partial charge on any atom is -0.481 e. The van der Waals surface area contributed by atoms with Crippen LogP contribution >= 0.6 is 11.8 Å². The largest absolute Gasteiger partial charge is 0.481 e. The number of carboxylic acids is 1. The number of aryl methyl sites for hydroxylation is 1. The third kappa shape index (κ3) is 4.53. The van der Waals surface area contributed by atoms with Crippen LogP contribution in [0, 0.1) is 0 Å². The Morgan fingerprint density at radius 3 is 2.94 bits per heavy atom.